The van der Waals surface area contributed by atoms with Crippen molar-refractivity contribution in [1.82, 2.24) is 5.32 Å². The van der Waals surface area contributed by atoms with Crippen molar-refractivity contribution in [1.29, 1.82) is 0 Å². The van der Waals surface area contributed by atoms with E-state index >= 15 is 0 Å². The van der Waals surface area contributed by atoms with Crippen LogP contribution in [0.4, 0.5) is 5.69 Å². The number of hydrogen-bond donors (Lipinski definition) is 2. The Hall–Kier alpha value is -1.52. The minimum atomic E-state index is 0.0114. The molecule has 0 fully saturated rings. The maximum atomic E-state index is 11.3. The number of hydrogen-bond acceptors (Lipinski definition) is 2. The van der Waals surface area contributed by atoms with Crippen LogP contribution in [0.1, 0.15) is 11.1 Å². The van der Waals surface area contributed by atoms with Crippen molar-refractivity contribution in [3.63, 3.8) is 0 Å². The van der Waals surface area contributed by atoms with Crippen LogP contribution in [-0.2, 0) is 17.8 Å². The number of rotatable bonds is 5. The van der Waals surface area contributed by atoms with Crippen molar-refractivity contribution in [3.05, 3.63) is 63.1 Å². The molecule has 0 unspecified atom stereocenters. The van der Waals surface area contributed by atoms with Crippen molar-refractivity contribution >= 4 is 39.1 Å². The molecular formula is C16H16BrClN2O. The first-order valence-electron chi connectivity index (χ1n) is 6.56. The van der Waals surface area contributed by atoms with Crippen LogP contribution in [0.5, 0.6) is 0 Å². The molecule has 2 rings (SSSR count). The topological polar surface area (TPSA) is 41.1 Å². The van der Waals surface area contributed by atoms with E-state index in [0.29, 0.717) is 13.0 Å². The van der Waals surface area contributed by atoms with Crippen LogP contribution in [0.15, 0.2) is 46.9 Å². The Bertz CT molecular complexity index is 629. The fourth-order valence-electron chi connectivity index (χ4n) is 1.88. The van der Waals surface area contributed by atoms with E-state index in [4.69, 9.17) is 11.6 Å². The molecule has 0 spiro atoms. The van der Waals surface area contributed by atoms with Crippen LogP contribution >= 0.6 is 27.5 Å². The van der Waals surface area contributed by atoms with E-state index in [2.05, 4.69) is 26.6 Å². The Morgan fingerprint density at radius 1 is 1.19 bits per heavy atom. The molecule has 5 heteroatoms. The van der Waals surface area contributed by atoms with Gasteiger partial charge in [0.05, 0.1) is 6.42 Å². The Morgan fingerprint density at radius 2 is 1.90 bits per heavy atom. The predicted molar refractivity (Wildman–Crippen MR) is 90.7 cm³/mol. The van der Waals surface area contributed by atoms with E-state index < -0.39 is 0 Å². The van der Waals surface area contributed by atoms with Gasteiger partial charge >= 0.3 is 0 Å². The van der Waals surface area contributed by atoms with Crippen molar-refractivity contribution in [2.45, 2.75) is 13.0 Å². The average molecular weight is 368 g/mol. The van der Waals surface area contributed by atoms with Gasteiger partial charge in [0.25, 0.3) is 0 Å². The summed E-state index contributed by atoms with van der Waals surface area (Å²) >= 11 is 9.57. The molecule has 2 aromatic carbocycles. The van der Waals surface area contributed by atoms with Gasteiger partial charge in [-0.15, -0.1) is 0 Å². The SMILES string of the molecule is CNC(=O)Cc1ccc(NCc2ccc(Br)cc2Cl)cc1. The molecular weight excluding hydrogens is 352 g/mol. The van der Waals surface area contributed by atoms with Crippen LogP contribution in [0.25, 0.3) is 0 Å². The van der Waals surface area contributed by atoms with Gasteiger partial charge in [-0.25, -0.2) is 0 Å². The zero-order valence-corrected chi connectivity index (χ0v) is 14.0. The van der Waals surface area contributed by atoms with E-state index in [1.165, 1.54) is 0 Å². The highest BCUT2D eigenvalue weighted by Crippen LogP contribution is 2.22. The monoisotopic (exact) mass is 366 g/mol. The van der Waals surface area contributed by atoms with Crippen LogP contribution in [0.3, 0.4) is 0 Å². The van der Waals surface area contributed by atoms with Crippen LogP contribution in [0, 0.1) is 0 Å². The molecule has 0 aliphatic rings. The lowest BCUT2D eigenvalue weighted by atomic mass is 10.1. The summed E-state index contributed by atoms with van der Waals surface area (Å²) in [7, 11) is 1.64. The number of carbonyl (C=O) groups excluding carboxylic acids is 1. The van der Waals surface area contributed by atoms with Crippen LogP contribution in [0.2, 0.25) is 5.02 Å². The largest absolute Gasteiger partial charge is 0.381 e. The molecule has 0 radical (unpaired) electrons. The summed E-state index contributed by atoms with van der Waals surface area (Å²) in [6.45, 7) is 0.654. The van der Waals surface area contributed by atoms with Crippen molar-refractivity contribution in [2.24, 2.45) is 0 Å². The molecule has 21 heavy (non-hydrogen) atoms. The molecule has 0 heterocycles. The normalized spacial score (nSPS) is 10.2. The van der Waals surface area contributed by atoms with Gasteiger partial charge in [0.15, 0.2) is 0 Å². The third-order valence-corrected chi connectivity index (χ3v) is 3.94. The third kappa shape index (κ3) is 4.76. The van der Waals surface area contributed by atoms with E-state index in [0.717, 1.165) is 26.3 Å². The standard InChI is InChI=1S/C16H16BrClN2O/c1-19-16(21)8-11-2-6-14(7-3-11)20-10-12-4-5-13(17)9-15(12)18/h2-7,9,20H,8,10H2,1H3,(H,19,21). The third-order valence-electron chi connectivity index (χ3n) is 3.10. The molecule has 2 aromatic rings. The number of anilines is 1. The first kappa shape index (κ1) is 15.9. The highest BCUT2D eigenvalue weighted by molar-refractivity contribution is 9.10. The van der Waals surface area contributed by atoms with Gasteiger partial charge in [-0.2, -0.15) is 0 Å². The zero-order chi connectivity index (χ0) is 15.2. The quantitative estimate of drug-likeness (QED) is 0.838. The second kappa shape index (κ2) is 7.48. The summed E-state index contributed by atoms with van der Waals surface area (Å²) in [4.78, 5) is 11.3. The number of benzene rings is 2. The first-order valence-corrected chi connectivity index (χ1v) is 7.73. The summed E-state index contributed by atoms with van der Waals surface area (Å²) < 4.78 is 0.967. The minimum absolute atomic E-state index is 0.0114. The van der Waals surface area contributed by atoms with Gasteiger partial charge in [-0.1, -0.05) is 45.7 Å². The Balaban J connectivity index is 1.96. The fourth-order valence-corrected chi connectivity index (χ4v) is 2.62. The Kier molecular flexibility index (Phi) is 5.65. The molecule has 3 nitrogen and oxygen atoms in total. The van der Waals surface area contributed by atoms with E-state index in [1.54, 1.807) is 7.05 Å². The summed E-state index contributed by atoms with van der Waals surface area (Å²) in [5.74, 6) is 0.0114. The summed E-state index contributed by atoms with van der Waals surface area (Å²) in [5.41, 5.74) is 3.02. The van der Waals surface area contributed by atoms with Crippen LogP contribution in [-0.4, -0.2) is 13.0 Å². The molecule has 0 aliphatic heterocycles. The summed E-state index contributed by atoms with van der Waals surface area (Å²) in [6.07, 6.45) is 0.398. The Morgan fingerprint density at radius 3 is 2.52 bits per heavy atom. The maximum absolute atomic E-state index is 11.3. The van der Waals surface area contributed by atoms with Gasteiger partial charge in [0.2, 0.25) is 5.91 Å². The molecule has 0 saturated heterocycles. The second-order valence-electron chi connectivity index (χ2n) is 4.64. The molecule has 1 amide bonds. The molecule has 110 valence electrons. The lowest BCUT2D eigenvalue weighted by Gasteiger charge is -2.09. The number of likely N-dealkylation sites (N-methyl/N-ethyl adjacent to an activating group) is 1. The van der Waals surface area contributed by atoms with Gasteiger partial charge in [0.1, 0.15) is 0 Å². The smallest absolute Gasteiger partial charge is 0.224 e. The zero-order valence-electron chi connectivity index (χ0n) is 11.6. The Labute approximate surface area is 137 Å². The highest BCUT2D eigenvalue weighted by atomic mass is 79.9. The fraction of sp³-hybridized carbons (Fsp3) is 0.188. The molecule has 2 N–H and O–H groups in total. The molecule has 0 bridgehead atoms. The second-order valence-corrected chi connectivity index (χ2v) is 5.96. The van der Waals surface area contributed by atoms with Crippen molar-refractivity contribution in [3.8, 4) is 0 Å². The van der Waals surface area contributed by atoms with Gasteiger partial charge < -0.3 is 10.6 Å². The van der Waals surface area contributed by atoms with E-state index in [-0.39, 0.29) is 5.91 Å². The van der Waals surface area contributed by atoms with Crippen molar-refractivity contribution < 1.29 is 4.79 Å². The molecule has 0 saturated carbocycles. The van der Waals surface area contributed by atoms with Gasteiger partial charge in [0, 0.05) is 28.8 Å². The molecule has 0 aromatic heterocycles. The predicted octanol–water partition coefficient (Wildman–Crippen LogP) is 4.00. The number of amides is 1. The minimum Gasteiger partial charge on any atom is -0.381 e. The number of halogens is 2. The number of nitrogens with one attached hydrogen (secondary N) is 2. The summed E-state index contributed by atoms with van der Waals surface area (Å²) in [5, 5.41) is 6.66. The number of carbonyl (C=O) groups is 1. The average Bonchev–Trinajstić information content (AvgIpc) is 2.48. The van der Waals surface area contributed by atoms with E-state index in [1.807, 2.05) is 42.5 Å². The van der Waals surface area contributed by atoms with Gasteiger partial charge in [-0.3, -0.25) is 4.79 Å². The lowest BCUT2D eigenvalue weighted by Crippen LogP contribution is -2.19. The first-order chi connectivity index (χ1) is 10.1. The lowest BCUT2D eigenvalue weighted by molar-refractivity contribution is -0.119. The van der Waals surface area contributed by atoms with Gasteiger partial charge in [-0.05, 0) is 35.4 Å². The van der Waals surface area contributed by atoms with Crippen LogP contribution < -0.4 is 10.6 Å². The summed E-state index contributed by atoms with van der Waals surface area (Å²) in [6, 6.07) is 13.7. The molecule has 0 aliphatic carbocycles. The molecule has 0 atom stereocenters. The maximum Gasteiger partial charge on any atom is 0.224 e. The van der Waals surface area contributed by atoms with E-state index in [9.17, 15) is 4.79 Å². The highest BCUT2D eigenvalue weighted by Gasteiger charge is 2.03. The van der Waals surface area contributed by atoms with Crippen molar-refractivity contribution in [2.75, 3.05) is 12.4 Å².